The molecule has 0 radical (unpaired) electrons. The fourth-order valence-corrected chi connectivity index (χ4v) is 3.31. The van der Waals surface area contributed by atoms with E-state index in [-0.39, 0.29) is 5.91 Å². The van der Waals surface area contributed by atoms with Crippen LogP contribution < -0.4 is 5.32 Å². The number of amides is 1. The predicted molar refractivity (Wildman–Crippen MR) is 97.6 cm³/mol. The lowest BCUT2D eigenvalue weighted by Gasteiger charge is -2.08. The van der Waals surface area contributed by atoms with E-state index in [1.165, 1.54) is 0 Å². The second-order valence-electron chi connectivity index (χ2n) is 6.19. The van der Waals surface area contributed by atoms with E-state index in [1.54, 1.807) is 17.1 Å². The van der Waals surface area contributed by atoms with Gasteiger partial charge in [-0.25, -0.2) is 9.67 Å². The molecule has 1 fully saturated rings. The first-order valence-corrected chi connectivity index (χ1v) is 9.02. The van der Waals surface area contributed by atoms with Gasteiger partial charge in [-0.05, 0) is 43.6 Å². The first-order chi connectivity index (χ1) is 12.7. The zero-order valence-electron chi connectivity index (χ0n) is 14.3. The van der Waals surface area contributed by atoms with Crippen molar-refractivity contribution in [2.75, 3.05) is 0 Å². The summed E-state index contributed by atoms with van der Waals surface area (Å²) >= 11 is 5.27. The molecule has 1 aliphatic carbocycles. The normalized spacial score (nSPS) is 13.7. The summed E-state index contributed by atoms with van der Waals surface area (Å²) in [6.07, 6.45) is 6.16. The second kappa shape index (κ2) is 6.83. The van der Waals surface area contributed by atoms with Crippen LogP contribution >= 0.6 is 12.2 Å². The third kappa shape index (κ3) is 3.05. The van der Waals surface area contributed by atoms with E-state index in [0.29, 0.717) is 35.2 Å². The van der Waals surface area contributed by atoms with Crippen LogP contribution in [-0.4, -0.2) is 35.4 Å². The van der Waals surface area contributed by atoms with Gasteiger partial charge in [-0.3, -0.25) is 14.5 Å². The molecule has 26 heavy (non-hydrogen) atoms. The zero-order chi connectivity index (χ0) is 18.1. The van der Waals surface area contributed by atoms with Gasteiger partial charge < -0.3 is 5.32 Å². The van der Waals surface area contributed by atoms with E-state index in [9.17, 15) is 4.79 Å². The van der Waals surface area contributed by atoms with Crippen LogP contribution in [-0.2, 0) is 13.0 Å². The molecule has 3 heterocycles. The Morgan fingerprint density at radius 1 is 1.42 bits per heavy atom. The summed E-state index contributed by atoms with van der Waals surface area (Å²) < 4.78 is 4.30. The Labute approximate surface area is 155 Å². The number of pyridine rings is 1. The van der Waals surface area contributed by atoms with Crippen molar-refractivity contribution in [1.82, 2.24) is 34.8 Å². The van der Waals surface area contributed by atoms with Gasteiger partial charge >= 0.3 is 0 Å². The smallest absolute Gasteiger partial charge is 0.255 e. The Kier molecular flexibility index (Phi) is 4.37. The maximum absolute atomic E-state index is 12.7. The number of nitrogens with one attached hydrogen (secondary N) is 2. The molecule has 1 aliphatic rings. The van der Waals surface area contributed by atoms with Gasteiger partial charge in [0.25, 0.3) is 5.91 Å². The number of nitrogens with zero attached hydrogens (tertiary/aromatic N) is 5. The van der Waals surface area contributed by atoms with Crippen molar-refractivity contribution in [3.63, 3.8) is 0 Å². The van der Waals surface area contributed by atoms with Gasteiger partial charge in [0.15, 0.2) is 16.4 Å². The molecule has 1 amide bonds. The minimum atomic E-state index is -0.180. The summed E-state index contributed by atoms with van der Waals surface area (Å²) in [4.78, 5) is 17.0. The molecule has 3 aromatic rings. The van der Waals surface area contributed by atoms with Crippen molar-refractivity contribution in [3.05, 3.63) is 52.4 Å². The zero-order valence-corrected chi connectivity index (χ0v) is 15.2. The maximum Gasteiger partial charge on any atom is 0.255 e. The minimum Gasteiger partial charge on any atom is -0.345 e. The van der Waals surface area contributed by atoms with Crippen molar-refractivity contribution < 1.29 is 4.79 Å². The second-order valence-corrected chi connectivity index (χ2v) is 6.57. The topological polar surface area (TPSA) is 93.4 Å². The number of carbonyl (C=O) groups is 1. The summed E-state index contributed by atoms with van der Waals surface area (Å²) in [7, 11) is 0. The van der Waals surface area contributed by atoms with E-state index >= 15 is 0 Å². The Bertz CT molecular complexity index is 984. The van der Waals surface area contributed by atoms with Crippen LogP contribution in [0.3, 0.4) is 0 Å². The average molecular weight is 369 g/mol. The molecule has 4 rings (SSSR count). The van der Waals surface area contributed by atoms with Gasteiger partial charge in [-0.2, -0.15) is 10.2 Å². The van der Waals surface area contributed by atoms with E-state index in [4.69, 9.17) is 12.2 Å². The highest BCUT2D eigenvalue weighted by atomic mass is 32.1. The summed E-state index contributed by atoms with van der Waals surface area (Å²) in [5, 5.41) is 14.3. The van der Waals surface area contributed by atoms with Crippen molar-refractivity contribution in [2.45, 2.75) is 38.8 Å². The van der Waals surface area contributed by atoms with Gasteiger partial charge in [0, 0.05) is 12.2 Å². The van der Waals surface area contributed by atoms with Crippen molar-refractivity contribution in [3.8, 4) is 5.82 Å². The summed E-state index contributed by atoms with van der Waals surface area (Å²) in [6.45, 7) is 2.31. The number of hydrogen-bond acceptors (Lipinski definition) is 5. The molecule has 2 N–H and O–H groups in total. The van der Waals surface area contributed by atoms with E-state index in [2.05, 4.69) is 25.6 Å². The number of aromatic amines is 1. The third-order valence-corrected chi connectivity index (χ3v) is 4.70. The molecule has 0 aromatic carbocycles. The largest absolute Gasteiger partial charge is 0.345 e. The molecule has 8 nitrogen and oxygen atoms in total. The highest BCUT2D eigenvalue weighted by molar-refractivity contribution is 7.71. The third-order valence-electron chi connectivity index (χ3n) is 4.41. The van der Waals surface area contributed by atoms with Crippen LogP contribution in [0.1, 0.15) is 47.7 Å². The minimum absolute atomic E-state index is 0.180. The molecule has 0 bridgehead atoms. The molecule has 0 saturated heterocycles. The van der Waals surface area contributed by atoms with Gasteiger partial charge in [0.05, 0.1) is 24.0 Å². The quantitative estimate of drug-likeness (QED) is 0.651. The van der Waals surface area contributed by atoms with Crippen LogP contribution in [0, 0.1) is 4.77 Å². The Morgan fingerprint density at radius 2 is 2.27 bits per heavy atom. The standard InChI is InChI=1S/C17H19N7OS/c1-2-13-12(9-20-24(13)14-5-3-4-8-18-14)16(25)19-10-15-21-22-17(26)23(15)11-6-7-11/h3-5,8-9,11H,2,6-7,10H2,1H3,(H,19,25)(H,22,26). The number of aromatic nitrogens is 6. The van der Waals surface area contributed by atoms with Gasteiger partial charge in [0.2, 0.25) is 0 Å². The van der Waals surface area contributed by atoms with Crippen LogP contribution in [0.4, 0.5) is 0 Å². The van der Waals surface area contributed by atoms with Crippen LogP contribution in [0.15, 0.2) is 30.6 Å². The molecule has 0 atom stereocenters. The number of carbonyl (C=O) groups excluding carboxylic acids is 1. The predicted octanol–water partition coefficient (Wildman–Crippen LogP) is 2.35. The monoisotopic (exact) mass is 369 g/mol. The molecule has 0 aliphatic heterocycles. The average Bonchev–Trinajstić information content (AvgIpc) is 3.29. The first kappa shape index (κ1) is 16.6. The van der Waals surface area contributed by atoms with E-state index in [1.807, 2.05) is 29.7 Å². The molecular weight excluding hydrogens is 350 g/mol. The summed E-state index contributed by atoms with van der Waals surface area (Å²) in [6, 6.07) is 6.01. The van der Waals surface area contributed by atoms with Crippen LogP contribution in [0.5, 0.6) is 0 Å². The number of H-pyrrole nitrogens is 1. The van der Waals surface area contributed by atoms with Crippen LogP contribution in [0.25, 0.3) is 5.82 Å². The molecule has 0 spiro atoms. The highest BCUT2D eigenvalue weighted by Gasteiger charge is 2.27. The molecule has 3 aromatic heterocycles. The lowest BCUT2D eigenvalue weighted by atomic mass is 10.2. The molecule has 1 saturated carbocycles. The Balaban J connectivity index is 1.54. The molecular formula is C17H19N7OS. The van der Waals surface area contributed by atoms with E-state index in [0.717, 1.165) is 24.4 Å². The fraction of sp³-hybridized carbons (Fsp3) is 0.353. The van der Waals surface area contributed by atoms with Crippen molar-refractivity contribution in [2.24, 2.45) is 0 Å². The molecule has 9 heteroatoms. The molecule has 134 valence electrons. The van der Waals surface area contributed by atoms with Crippen molar-refractivity contribution in [1.29, 1.82) is 0 Å². The van der Waals surface area contributed by atoms with Crippen molar-refractivity contribution >= 4 is 18.1 Å². The summed E-state index contributed by atoms with van der Waals surface area (Å²) in [5.41, 5.74) is 1.37. The lowest BCUT2D eigenvalue weighted by Crippen LogP contribution is -2.25. The lowest BCUT2D eigenvalue weighted by molar-refractivity contribution is 0.0948. The van der Waals surface area contributed by atoms with E-state index < -0.39 is 0 Å². The Morgan fingerprint density at radius 3 is 2.96 bits per heavy atom. The first-order valence-electron chi connectivity index (χ1n) is 8.61. The number of rotatable bonds is 6. The maximum atomic E-state index is 12.7. The van der Waals surface area contributed by atoms with Crippen LogP contribution in [0.2, 0.25) is 0 Å². The molecule has 0 unspecified atom stereocenters. The van der Waals surface area contributed by atoms with Gasteiger partial charge in [-0.15, -0.1) is 0 Å². The Hall–Kier alpha value is -2.81. The SMILES string of the molecule is CCc1c(C(=O)NCc2n[nH]c(=S)n2C2CC2)cnn1-c1ccccn1. The number of hydrogen-bond donors (Lipinski definition) is 2. The van der Waals surface area contributed by atoms with Gasteiger partial charge in [-0.1, -0.05) is 13.0 Å². The highest BCUT2D eigenvalue weighted by Crippen LogP contribution is 2.35. The van der Waals surface area contributed by atoms with Gasteiger partial charge in [0.1, 0.15) is 0 Å². The summed E-state index contributed by atoms with van der Waals surface area (Å²) in [5.74, 6) is 1.26. The fourth-order valence-electron chi connectivity index (χ4n) is 3.01.